The summed E-state index contributed by atoms with van der Waals surface area (Å²) in [4.78, 5) is 12.0. The van der Waals surface area contributed by atoms with Crippen molar-refractivity contribution in [1.82, 2.24) is 5.32 Å². The van der Waals surface area contributed by atoms with E-state index in [2.05, 4.69) is 17.2 Å². The molecule has 0 unspecified atom stereocenters. The Morgan fingerprint density at radius 2 is 2.10 bits per heavy atom. The second-order valence-corrected chi connectivity index (χ2v) is 8.02. The van der Waals surface area contributed by atoms with Crippen LogP contribution in [0.5, 0.6) is 0 Å². The molecule has 21 heavy (non-hydrogen) atoms. The summed E-state index contributed by atoms with van der Waals surface area (Å²) in [6, 6.07) is 3.02. The lowest BCUT2D eigenvalue weighted by atomic mass is 10.2. The van der Waals surface area contributed by atoms with E-state index in [1.807, 2.05) is 0 Å². The third-order valence-corrected chi connectivity index (χ3v) is 4.43. The van der Waals surface area contributed by atoms with Gasteiger partial charge in [-0.1, -0.05) is 11.8 Å². The Morgan fingerprint density at radius 1 is 1.43 bits per heavy atom. The highest BCUT2D eigenvalue weighted by atomic mass is 32.2. The van der Waals surface area contributed by atoms with Crippen LogP contribution in [0.4, 0.5) is 4.79 Å². The van der Waals surface area contributed by atoms with Gasteiger partial charge in [-0.25, -0.2) is 18.4 Å². The van der Waals surface area contributed by atoms with Crippen molar-refractivity contribution >= 4 is 27.5 Å². The average molecular weight is 330 g/mol. The summed E-state index contributed by atoms with van der Waals surface area (Å²) in [6.07, 6.45) is -0.0566. The van der Waals surface area contributed by atoms with Gasteiger partial charge in [-0.05, 0) is 32.9 Å². The van der Waals surface area contributed by atoms with E-state index in [9.17, 15) is 13.2 Å². The topological polar surface area (TPSA) is 98.5 Å². The zero-order valence-electron chi connectivity index (χ0n) is 12.1. The second kappa shape index (κ2) is 6.93. The van der Waals surface area contributed by atoms with E-state index in [4.69, 9.17) is 9.88 Å². The van der Waals surface area contributed by atoms with E-state index in [1.165, 1.54) is 6.07 Å². The molecule has 0 spiro atoms. The molecule has 0 radical (unpaired) electrons. The van der Waals surface area contributed by atoms with Gasteiger partial charge in [0.1, 0.15) is 9.81 Å². The maximum absolute atomic E-state index is 11.3. The number of carbonyl (C=O) groups excluding carboxylic acids is 1. The summed E-state index contributed by atoms with van der Waals surface area (Å²) in [7, 11) is -3.67. The summed E-state index contributed by atoms with van der Waals surface area (Å²) in [6.45, 7) is 5.71. The number of primary sulfonamides is 1. The lowest BCUT2D eigenvalue weighted by molar-refractivity contribution is 0.0529. The fourth-order valence-electron chi connectivity index (χ4n) is 1.23. The number of hydrogen-bond donors (Lipinski definition) is 2. The summed E-state index contributed by atoms with van der Waals surface area (Å²) in [5.41, 5.74) is -0.531. The molecule has 1 aromatic rings. The van der Waals surface area contributed by atoms with Crippen molar-refractivity contribution in [2.45, 2.75) is 37.0 Å². The highest BCUT2D eigenvalue weighted by Gasteiger charge is 2.15. The van der Waals surface area contributed by atoms with Gasteiger partial charge in [0.2, 0.25) is 10.0 Å². The van der Waals surface area contributed by atoms with Gasteiger partial charge in [0, 0.05) is 13.0 Å². The molecule has 0 saturated carbocycles. The fourth-order valence-corrected chi connectivity index (χ4v) is 2.83. The predicted octanol–water partition coefficient (Wildman–Crippen LogP) is 1.66. The Kier molecular flexibility index (Phi) is 5.78. The normalized spacial score (nSPS) is 11.4. The van der Waals surface area contributed by atoms with Crippen LogP contribution in [0.3, 0.4) is 0 Å². The molecule has 0 aromatic carbocycles. The van der Waals surface area contributed by atoms with E-state index in [0.29, 0.717) is 17.8 Å². The van der Waals surface area contributed by atoms with Crippen molar-refractivity contribution in [2.75, 3.05) is 6.54 Å². The molecule has 1 heterocycles. The van der Waals surface area contributed by atoms with Crippen molar-refractivity contribution in [3.63, 3.8) is 0 Å². The maximum Gasteiger partial charge on any atom is 0.407 e. The molecule has 0 aliphatic carbocycles. The number of sulfonamides is 1. The van der Waals surface area contributed by atoms with Crippen LogP contribution in [0.2, 0.25) is 0 Å². The van der Waals surface area contributed by atoms with Gasteiger partial charge in [0.05, 0.1) is 4.88 Å². The zero-order chi connectivity index (χ0) is 16.1. The molecule has 8 heteroatoms. The van der Waals surface area contributed by atoms with Crippen LogP contribution in [0.15, 0.2) is 16.3 Å². The van der Waals surface area contributed by atoms with Crippen LogP contribution in [0.25, 0.3) is 0 Å². The van der Waals surface area contributed by atoms with Gasteiger partial charge in [0.15, 0.2) is 0 Å². The molecule has 3 N–H and O–H groups in total. The first kappa shape index (κ1) is 17.5. The van der Waals surface area contributed by atoms with Crippen LogP contribution >= 0.6 is 11.3 Å². The molecule has 0 bridgehead atoms. The van der Waals surface area contributed by atoms with Gasteiger partial charge in [-0.2, -0.15) is 0 Å². The van der Waals surface area contributed by atoms with Crippen molar-refractivity contribution in [1.29, 1.82) is 0 Å². The first-order valence-corrected chi connectivity index (χ1v) is 8.52. The van der Waals surface area contributed by atoms with Crippen LogP contribution < -0.4 is 10.5 Å². The highest BCUT2D eigenvalue weighted by Crippen LogP contribution is 2.19. The van der Waals surface area contributed by atoms with Crippen molar-refractivity contribution < 1.29 is 17.9 Å². The molecular formula is C13H18N2O4S2. The predicted molar refractivity (Wildman–Crippen MR) is 81.4 cm³/mol. The quantitative estimate of drug-likeness (QED) is 0.650. The lowest BCUT2D eigenvalue weighted by Gasteiger charge is -2.19. The van der Waals surface area contributed by atoms with E-state index < -0.39 is 21.7 Å². The number of carbonyl (C=O) groups is 1. The highest BCUT2D eigenvalue weighted by molar-refractivity contribution is 7.91. The number of ether oxygens (including phenoxy) is 1. The Bertz CT molecular complexity index is 660. The van der Waals surface area contributed by atoms with Crippen LogP contribution in [-0.2, 0) is 14.8 Å². The molecule has 1 amide bonds. The van der Waals surface area contributed by atoms with Gasteiger partial charge < -0.3 is 10.1 Å². The first-order chi connectivity index (χ1) is 9.58. The molecule has 6 nitrogen and oxygen atoms in total. The van der Waals surface area contributed by atoms with Crippen LogP contribution in [0.1, 0.15) is 32.1 Å². The second-order valence-electron chi connectivity index (χ2n) is 5.14. The Hall–Kier alpha value is -1.56. The Balaban J connectivity index is 2.41. The summed E-state index contributed by atoms with van der Waals surface area (Å²) >= 11 is 1.01. The third kappa shape index (κ3) is 7.13. The average Bonchev–Trinajstić information content (AvgIpc) is 2.74. The number of alkyl carbamates (subject to hydrolysis) is 1. The summed E-state index contributed by atoms with van der Waals surface area (Å²) in [5, 5.41) is 7.58. The van der Waals surface area contributed by atoms with E-state index in [-0.39, 0.29) is 4.21 Å². The molecule has 116 valence electrons. The standard InChI is InChI=1S/C13H18N2O4S2/c1-13(2,3)19-12(16)15-9-5-4-6-10-7-8-11(20-10)21(14,17)18/h7-8H,5,9H2,1-3H3,(H,15,16)(H2,14,17,18). The van der Waals surface area contributed by atoms with Gasteiger partial charge in [-0.15, -0.1) is 11.3 Å². The van der Waals surface area contributed by atoms with Gasteiger partial charge in [0.25, 0.3) is 0 Å². The van der Waals surface area contributed by atoms with Crippen molar-refractivity contribution in [3.05, 3.63) is 17.0 Å². The molecule has 1 rings (SSSR count). The number of thiophene rings is 1. The molecule has 0 fully saturated rings. The molecule has 1 aromatic heterocycles. The number of amides is 1. The molecule has 0 aliphatic rings. The van der Waals surface area contributed by atoms with E-state index in [0.717, 1.165) is 11.3 Å². The molecule has 0 saturated heterocycles. The zero-order valence-corrected chi connectivity index (χ0v) is 13.7. The number of hydrogen-bond acceptors (Lipinski definition) is 5. The largest absolute Gasteiger partial charge is 0.444 e. The van der Waals surface area contributed by atoms with Crippen molar-refractivity contribution in [2.24, 2.45) is 5.14 Å². The lowest BCUT2D eigenvalue weighted by Crippen LogP contribution is -2.32. The van der Waals surface area contributed by atoms with Gasteiger partial charge in [-0.3, -0.25) is 0 Å². The smallest absolute Gasteiger partial charge is 0.407 e. The molecule has 0 aliphatic heterocycles. The number of nitrogens with two attached hydrogens (primary N) is 1. The van der Waals surface area contributed by atoms with Crippen LogP contribution in [0, 0.1) is 11.8 Å². The van der Waals surface area contributed by atoms with Gasteiger partial charge >= 0.3 is 6.09 Å². The summed E-state index contributed by atoms with van der Waals surface area (Å²) in [5.74, 6) is 5.65. The summed E-state index contributed by atoms with van der Waals surface area (Å²) < 4.78 is 27.3. The Morgan fingerprint density at radius 3 is 2.62 bits per heavy atom. The molecular weight excluding hydrogens is 312 g/mol. The van der Waals surface area contributed by atoms with E-state index >= 15 is 0 Å². The van der Waals surface area contributed by atoms with Crippen molar-refractivity contribution in [3.8, 4) is 11.8 Å². The number of nitrogens with one attached hydrogen (secondary N) is 1. The first-order valence-electron chi connectivity index (χ1n) is 6.16. The van der Waals surface area contributed by atoms with E-state index in [1.54, 1.807) is 26.8 Å². The SMILES string of the molecule is CC(C)(C)OC(=O)NCCC#Cc1ccc(S(N)(=O)=O)s1. The number of rotatable bonds is 3. The monoisotopic (exact) mass is 330 g/mol. The Labute approximate surface area is 128 Å². The minimum atomic E-state index is -3.67. The third-order valence-electron chi connectivity index (χ3n) is 1.99. The van der Waals surface area contributed by atoms with Crippen LogP contribution in [-0.4, -0.2) is 26.7 Å². The maximum atomic E-state index is 11.3. The fraction of sp³-hybridized carbons (Fsp3) is 0.462. The minimum absolute atomic E-state index is 0.0821. The minimum Gasteiger partial charge on any atom is -0.444 e. The molecule has 0 atom stereocenters.